The Hall–Kier alpha value is -3.17. The van der Waals surface area contributed by atoms with Crippen LogP contribution in [0.1, 0.15) is 33.1 Å². The van der Waals surface area contributed by atoms with Crippen LogP contribution in [0, 0.1) is 10.1 Å². The predicted octanol–water partition coefficient (Wildman–Crippen LogP) is 4.72. The second kappa shape index (κ2) is 8.89. The van der Waals surface area contributed by atoms with Gasteiger partial charge in [-0.2, -0.15) is 5.10 Å². The molecular formula is C22H20ClN3O3. The molecule has 0 fully saturated rings. The third-order valence-electron chi connectivity index (χ3n) is 4.83. The molecule has 0 N–H and O–H groups in total. The minimum Gasteiger partial charge on any atom is -0.266 e. The monoisotopic (exact) mass is 409 g/mol. The van der Waals surface area contributed by atoms with Crippen LogP contribution in [0.15, 0.2) is 86.5 Å². The van der Waals surface area contributed by atoms with Crippen molar-refractivity contribution < 1.29 is 9.72 Å². The number of carbonyl (C=O) groups excluding carboxylic acids is 1. The van der Waals surface area contributed by atoms with Crippen molar-refractivity contribution in [3.8, 4) is 0 Å². The van der Waals surface area contributed by atoms with E-state index in [0.717, 1.165) is 34.7 Å². The number of amides is 1. The average Bonchev–Trinajstić information content (AvgIpc) is 3.17. The lowest BCUT2D eigenvalue weighted by Crippen LogP contribution is -2.35. The maximum atomic E-state index is 13.1. The van der Waals surface area contributed by atoms with Crippen LogP contribution in [-0.4, -0.2) is 27.6 Å². The highest BCUT2D eigenvalue weighted by atomic mass is 35.5. The van der Waals surface area contributed by atoms with Crippen LogP contribution in [0.2, 0.25) is 0 Å². The number of hydrazone groups is 1. The van der Waals surface area contributed by atoms with E-state index in [9.17, 15) is 14.9 Å². The molecule has 7 heteroatoms. The summed E-state index contributed by atoms with van der Waals surface area (Å²) < 4.78 is 0. The smallest absolute Gasteiger partial charge is 0.266 e. The van der Waals surface area contributed by atoms with E-state index in [4.69, 9.17) is 11.6 Å². The van der Waals surface area contributed by atoms with Gasteiger partial charge < -0.3 is 0 Å². The number of carbonyl (C=O) groups is 1. The lowest BCUT2D eigenvalue weighted by Gasteiger charge is -2.25. The molecule has 1 unspecified atom stereocenters. The number of nitrogens with zero attached hydrogens (tertiary/aromatic N) is 3. The van der Waals surface area contributed by atoms with E-state index in [0.29, 0.717) is 6.42 Å². The molecule has 6 nitrogen and oxygen atoms in total. The van der Waals surface area contributed by atoms with Crippen molar-refractivity contribution in [2.75, 3.05) is 0 Å². The van der Waals surface area contributed by atoms with Crippen molar-refractivity contribution in [3.63, 3.8) is 0 Å². The zero-order chi connectivity index (χ0) is 21.0. The maximum absolute atomic E-state index is 13.1. The Labute approximate surface area is 174 Å². The van der Waals surface area contributed by atoms with Crippen molar-refractivity contribution in [2.24, 2.45) is 5.10 Å². The zero-order valence-corrected chi connectivity index (χ0v) is 16.9. The van der Waals surface area contributed by atoms with Crippen molar-refractivity contribution in [2.45, 2.75) is 39.2 Å². The summed E-state index contributed by atoms with van der Waals surface area (Å²) in [5.41, 5.74) is 7.85. The van der Waals surface area contributed by atoms with E-state index < -0.39 is 4.92 Å². The molecule has 0 spiro atoms. The first kappa shape index (κ1) is 20.6. The van der Waals surface area contributed by atoms with Crippen LogP contribution >= 0.6 is 11.6 Å². The van der Waals surface area contributed by atoms with E-state index in [-0.39, 0.29) is 23.2 Å². The largest absolute Gasteiger partial charge is 0.319 e. The molecule has 1 atom stereocenters. The molecule has 148 valence electrons. The fourth-order valence-electron chi connectivity index (χ4n) is 3.20. The van der Waals surface area contributed by atoms with Gasteiger partial charge in [-0.1, -0.05) is 35.9 Å². The van der Waals surface area contributed by atoms with Crippen LogP contribution in [-0.2, 0) is 4.79 Å². The second-order valence-corrected chi connectivity index (χ2v) is 7.27. The molecule has 2 aliphatic carbocycles. The Morgan fingerprint density at radius 3 is 2.72 bits per heavy atom. The van der Waals surface area contributed by atoms with Crippen LogP contribution < -0.4 is 0 Å². The first-order valence-electron chi connectivity index (χ1n) is 9.25. The predicted molar refractivity (Wildman–Crippen MR) is 113 cm³/mol. The van der Waals surface area contributed by atoms with Gasteiger partial charge in [0.05, 0.1) is 22.2 Å². The Morgan fingerprint density at radius 1 is 1.34 bits per heavy atom. The first-order valence-corrected chi connectivity index (χ1v) is 9.63. The van der Waals surface area contributed by atoms with Crippen molar-refractivity contribution in [1.82, 2.24) is 5.01 Å². The summed E-state index contributed by atoms with van der Waals surface area (Å²) >= 11 is 6.09. The number of hydrogen-bond acceptors (Lipinski definition) is 4. The van der Waals surface area contributed by atoms with Crippen molar-refractivity contribution >= 4 is 23.2 Å². The van der Waals surface area contributed by atoms with Gasteiger partial charge in [-0.25, -0.2) is 5.01 Å². The molecule has 0 saturated heterocycles. The maximum Gasteiger partial charge on any atom is 0.319 e. The van der Waals surface area contributed by atoms with E-state index in [1.807, 2.05) is 44.2 Å². The second-order valence-electron chi connectivity index (χ2n) is 6.79. The third-order valence-corrected chi connectivity index (χ3v) is 5.15. The SMILES string of the molecule is C/C=C\C=C(/C)C1=NN(C(=O)C2=C=C=C([N+](=O)[O-])C=C2)C(C2=CC=C(Cl)CC2)C1. The normalized spacial score (nSPS) is 21.6. The van der Waals surface area contributed by atoms with Crippen molar-refractivity contribution in [1.29, 1.82) is 0 Å². The fraction of sp³-hybridized carbons (Fsp3) is 0.273. The molecule has 29 heavy (non-hydrogen) atoms. The molecule has 0 aromatic heterocycles. The lowest BCUT2D eigenvalue weighted by molar-refractivity contribution is -0.418. The summed E-state index contributed by atoms with van der Waals surface area (Å²) in [7, 11) is 0. The Kier molecular flexibility index (Phi) is 6.30. The molecular weight excluding hydrogens is 390 g/mol. The molecule has 1 amide bonds. The van der Waals surface area contributed by atoms with E-state index in [1.54, 1.807) is 0 Å². The summed E-state index contributed by atoms with van der Waals surface area (Å²) in [6, 6.07) is -0.226. The highest BCUT2D eigenvalue weighted by Gasteiger charge is 2.35. The molecule has 1 heterocycles. The van der Waals surface area contributed by atoms with Gasteiger partial charge in [-0.15, -0.1) is 0 Å². The topological polar surface area (TPSA) is 75.8 Å². The van der Waals surface area contributed by atoms with Crippen LogP contribution in [0.5, 0.6) is 0 Å². The van der Waals surface area contributed by atoms with Crippen molar-refractivity contribution in [3.05, 3.63) is 91.6 Å². The number of halogens is 1. The van der Waals surface area contributed by atoms with Gasteiger partial charge >= 0.3 is 5.70 Å². The lowest BCUT2D eigenvalue weighted by atomic mass is 9.92. The highest BCUT2D eigenvalue weighted by Crippen LogP contribution is 2.32. The van der Waals surface area contributed by atoms with Gasteiger partial charge in [0.1, 0.15) is 0 Å². The summed E-state index contributed by atoms with van der Waals surface area (Å²) in [6.07, 6.45) is 14.3. The number of rotatable bonds is 5. The third kappa shape index (κ3) is 4.64. The summed E-state index contributed by atoms with van der Waals surface area (Å²) in [6.45, 7) is 3.89. The average molecular weight is 410 g/mol. The first-order chi connectivity index (χ1) is 13.9. The Bertz CT molecular complexity index is 1040. The van der Waals surface area contributed by atoms with Gasteiger partial charge in [-0.3, -0.25) is 14.9 Å². The molecule has 0 saturated carbocycles. The van der Waals surface area contributed by atoms with E-state index in [2.05, 4.69) is 16.6 Å². The molecule has 3 aliphatic rings. The molecule has 1 aliphatic heterocycles. The van der Waals surface area contributed by atoms with Crippen LogP contribution in [0.4, 0.5) is 0 Å². The molecule has 3 rings (SSSR count). The number of hydrogen-bond donors (Lipinski definition) is 0. The summed E-state index contributed by atoms with van der Waals surface area (Å²) in [4.78, 5) is 23.4. The minimum atomic E-state index is -0.571. The van der Waals surface area contributed by atoms with Gasteiger partial charge in [-0.05, 0) is 55.7 Å². The number of allylic oxidation sites excluding steroid dienone is 8. The number of nitro groups is 1. The van der Waals surface area contributed by atoms with Gasteiger partial charge in [0.2, 0.25) is 0 Å². The fourth-order valence-corrected chi connectivity index (χ4v) is 3.36. The summed E-state index contributed by atoms with van der Waals surface area (Å²) in [5.74, 6) is -0.364. The molecule has 0 bridgehead atoms. The highest BCUT2D eigenvalue weighted by molar-refractivity contribution is 6.29. The molecule has 0 aromatic carbocycles. The van der Waals surface area contributed by atoms with E-state index >= 15 is 0 Å². The van der Waals surface area contributed by atoms with E-state index in [1.165, 1.54) is 17.2 Å². The van der Waals surface area contributed by atoms with Gasteiger partial charge in [0, 0.05) is 23.3 Å². The Balaban J connectivity index is 1.98. The zero-order valence-electron chi connectivity index (χ0n) is 16.2. The van der Waals surface area contributed by atoms with Gasteiger partial charge in [0.25, 0.3) is 5.91 Å². The van der Waals surface area contributed by atoms with Crippen LogP contribution in [0.25, 0.3) is 0 Å². The Morgan fingerprint density at radius 2 is 2.14 bits per heavy atom. The summed E-state index contributed by atoms with van der Waals surface area (Å²) in [5, 5.41) is 17.7. The molecule has 0 radical (unpaired) electrons. The molecule has 0 aromatic rings. The standard InChI is InChI=1S/C22H20ClN3O3/c1-3-4-5-15(2)20-14-21(16-6-10-18(23)11-7-16)25(24-20)22(27)17-8-12-19(13-9-17)26(28)29/h3-6,8,10,12,21H,7,11,14H2,1-2H3/b4-3-,15-5+. The van der Waals surface area contributed by atoms with Gasteiger partial charge in [0.15, 0.2) is 0 Å². The van der Waals surface area contributed by atoms with Crippen LogP contribution in [0.3, 0.4) is 0 Å². The minimum absolute atomic E-state index is 0.186. The quantitative estimate of drug-likeness (QED) is 0.285.